The SMILES string of the molecule is CC(C)c1nc(CN(C)C(=O)N[C@@H](CCNC(=O)NC=O)C(=O)O)cs1. The van der Waals surface area contributed by atoms with Crippen molar-refractivity contribution >= 4 is 35.8 Å². The molecular weight excluding hydrogens is 362 g/mol. The zero-order valence-corrected chi connectivity index (χ0v) is 15.6. The number of nitrogens with one attached hydrogen (secondary N) is 3. The first-order valence-corrected chi connectivity index (χ1v) is 8.79. The van der Waals surface area contributed by atoms with E-state index in [1.807, 2.05) is 24.5 Å². The number of aromatic nitrogens is 1. The molecule has 0 unspecified atom stereocenters. The Bertz CT molecular complexity index is 648. The van der Waals surface area contributed by atoms with Gasteiger partial charge in [-0.1, -0.05) is 13.8 Å². The summed E-state index contributed by atoms with van der Waals surface area (Å²) in [5, 5.41) is 18.6. The lowest BCUT2D eigenvalue weighted by Crippen LogP contribution is -2.48. The van der Waals surface area contributed by atoms with Crippen molar-refractivity contribution in [1.82, 2.24) is 25.8 Å². The van der Waals surface area contributed by atoms with E-state index in [4.69, 9.17) is 0 Å². The van der Waals surface area contributed by atoms with Gasteiger partial charge in [0.2, 0.25) is 6.41 Å². The molecule has 0 aliphatic heterocycles. The molecular formula is C15H23N5O5S. The molecule has 1 aromatic heterocycles. The molecule has 1 atom stereocenters. The second-order valence-electron chi connectivity index (χ2n) is 5.83. The number of carbonyl (C=O) groups is 4. The standard InChI is InChI=1S/C15H23N5O5S/c1-9(2)12-18-10(7-26-12)6-20(3)15(25)19-11(13(22)23)4-5-16-14(24)17-8-21/h7-9,11H,4-6H2,1-3H3,(H,19,25)(H,22,23)(H2,16,17,21,24)/t11-/m0/s1. The summed E-state index contributed by atoms with van der Waals surface area (Å²) >= 11 is 1.51. The molecule has 5 amide bonds. The maximum absolute atomic E-state index is 12.2. The van der Waals surface area contributed by atoms with Crippen LogP contribution in [0.1, 0.15) is 36.9 Å². The van der Waals surface area contributed by atoms with Crippen LogP contribution in [0.25, 0.3) is 0 Å². The Morgan fingerprint density at radius 1 is 1.38 bits per heavy atom. The molecule has 10 nitrogen and oxygen atoms in total. The van der Waals surface area contributed by atoms with Crippen molar-refractivity contribution in [2.24, 2.45) is 0 Å². The molecule has 0 aliphatic carbocycles. The van der Waals surface area contributed by atoms with E-state index in [-0.39, 0.29) is 25.9 Å². The molecule has 1 aromatic rings. The minimum atomic E-state index is -1.22. The van der Waals surface area contributed by atoms with Crippen LogP contribution >= 0.6 is 11.3 Å². The maximum atomic E-state index is 12.2. The summed E-state index contributed by atoms with van der Waals surface area (Å²) in [5.74, 6) is -0.923. The van der Waals surface area contributed by atoms with Crippen LogP contribution in [0.2, 0.25) is 0 Å². The van der Waals surface area contributed by atoms with Gasteiger partial charge in [0.15, 0.2) is 0 Å². The van der Waals surface area contributed by atoms with Crippen LogP contribution in [0.5, 0.6) is 0 Å². The molecule has 0 spiro atoms. The van der Waals surface area contributed by atoms with Crippen LogP contribution in [0.4, 0.5) is 9.59 Å². The summed E-state index contributed by atoms with van der Waals surface area (Å²) in [6, 6.07) is -2.48. The topological polar surface area (TPSA) is 141 Å². The van der Waals surface area contributed by atoms with Gasteiger partial charge >= 0.3 is 18.0 Å². The summed E-state index contributed by atoms with van der Waals surface area (Å²) in [6.45, 7) is 4.28. The first-order chi connectivity index (χ1) is 12.2. The van der Waals surface area contributed by atoms with Crippen LogP contribution < -0.4 is 16.0 Å². The second kappa shape index (κ2) is 10.3. The number of thiazole rings is 1. The molecule has 11 heteroatoms. The fraction of sp³-hybridized carbons (Fsp3) is 0.533. The predicted molar refractivity (Wildman–Crippen MR) is 94.8 cm³/mol. The molecule has 0 fully saturated rings. The monoisotopic (exact) mass is 385 g/mol. The smallest absolute Gasteiger partial charge is 0.326 e. The summed E-state index contributed by atoms with van der Waals surface area (Å²) in [4.78, 5) is 50.4. The number of carboxylic acids is 1. The third-order valence-electron chi connectivity index (χ3n) is 3.31. The third-order valence-corrected chi connectivity index (χ3v) is 4.51. The zero-order valence-electron chi connectivity index (χ0n) is 14.8. The van der Waals surface area contributed by atoms with Gasteiger partial charge in [0.1, 0.15) is 6.04 Å². The van der Waals surface area contributed by atoms with Crippen molar-refractivity contribution in [2.75, 3.05) is 13.6 Å². The Morgan fingerprint density at radius 2 is 2.08 bits per heavy atom. The Kier molecular flexibility index (Phi) is 8.49. The lowest BCUT2D eigenvalue weighted by Gasteiger charge is -2.21. The van der Waals surface area contributed by atoms with Crippen LogP contribution in [0, 0.1) is 0 Å². The molecule has 0 bridgehead atoms. The van der Waals surface area contributed by atoms with Crippen LogP contribution in [-0.2, 0) is 16.1 Å². The number of rotatable bonds is 9. The van der Waals surface area contributed by atoms with Crippen LogP contribution in [-0.4, -0.2) is 59.1 Å². The van der Waals surface area contributed by atoms with E-state index in [1.165, 1.54) is 16.2 Å². The van der Waals surface area contributed by atoms with Crippen molar-refractivity contribution in [2.45, 2.75) is 38.8 Å². The number of nitrogens with zero attached hydrogens (tertiary/aromatic N) is 2. The van der Waals surface area contributed by atoms with Crippen molar-refractivity contribution in [3.05, 3.63) is 16.1 Å². The van der Waals surface area contributed by atoms with E-state index in [9.17, 15) is 24.3 Å². The summed E-state index contributed by atoms with van der Waals surface area (Å²) < 4.78 is 0. The number of amides is 5. The van der Waals surface area contributed by atoms with Gasteiger partial charge in [-0.2, -0.15) is 0 Å². The third kappa shape index (κ3) is 7.05. The second-order valence-corrected chi connectivity index (χ2v) is 6.72. The molecule has 1 rings (SSSR count). The van der Waals surface area contributed by atoms with Gasteiger partial charge in [-0.25, -0.2) is 19.4 Å². The average Bonchev–Trinajstić information content (AvgIpc) is 3.02. The quantitative estimate of drug-likeness (QED) is 0.461. The van der Waals surface area contributed by atoms with E-state index in [2.05, 4.69) is 15.6 Å². The fourth-order valence-electron chi connectivity index (χ4n) is 1.93. The van der Waals surface area contributed by atoms with Crippen LogP contribution in [0.3, 0.4) is 0 Å². The van der Waals surface area contributed by atoms with Crippen molar-refractivity contribution in [3.63, 3.8) is 0 Å². The van der Waals surface area contributed by atoms with Gasteiger partial charge < -0.3 is 20.6 Å². The average molecular weight is 385 g/mol. The summed E-state index contributed by atoms with van der Waals surface area (Å²) in [7, 11) is 1.54. The Labute approximate surface area is 155 Å². The number of carboxylic acid groups (broad SMARTS) is 1. The van der Waals surface area contributed by atoms with E-state index in [0.717, 1.165) is 10.7 Å². The zero-order chi connectivity index (χ0) is 19.7. The first-order valence-electron chi connectivity index (χ1n) is 7.91. The van der Waals surface area contributed by atoms with E-state index >= 15 is 0 Å². The molecule has 0 radical (unpaired) electrons. The van der Waals surface area contributed by atoms with Gasteiger partial charge in [0.25, 0.3) is 0 Å². The lowest BCUT2D eigenvalue weighted by atomic mass is 10.2. The molecule has 26 heavy (non-hydrogen) atoms. The molecule has 0 aliphatic rings. The van der Waals surface area contributed by atoms with Crippen molar-refractivity contribution < 1.29 is 24.3 Å². The molecule has 0 aromatic carbocycles. The van der Waals surface area contributed by atoms with E-state index in [1.54, 1.807) is 7.05 Å². The number of urea groups is 2. The molecule has 1 heterocycles. The van der Waals surface area contributed by atoms with Gasteiger partial charge in [-0.3, -0.25) is 10.1 Å². The summed E-state index contributed by atoms with van der Waals surface area (Å²) in [5.41, 5.74) is 0.732. The molecule has 144 valence electrons. The molecule has 0 saturated heterocycles. The van der Waals surface area contributed by atoms with Gasteiger partial charge in [0, 0.05) is 24.9 Å². The number of hydrogen-bond acceptors (Lipinski definition) is 6. The number of imide groups is 1. The predicted octanol–water partition coefficient (Wildman–Crippen LogP) is 0.707. The van der Waals surface area contributed by atoms with Crippen LogP contribution in [0.15, 0.2) is 5.38 Å². The van der Waals surface area contributed by atoms with Crippen molar-refractivity contribution in [1.29, 1.82) is 0 Å². The fourth-order valence-corrected chi connectivity index (χ4v) is 2.75. The highest BCUT2D eigenvalue weighted by atomic mass is 32.1. The van der Waals surface area contributed by atoms with Gasteiger partial charge in [0.05, 0.1) is 17.2 Å². The maximum Gasteiger partial charge on any atom is 0.326 e. The minimum absolute atomic E-state index is 0.0233. The molecule has 4 N–H and O–H groups in total. The highest BCUT2D eigenvalue weighted by molar-refractivity contribution is 7.09. The highest BCUT2D eigenvalue weighted by Gasteiger charge is 2.22. The van der Waals surface area contributed by atoms with Gasteiger partial charge in [-0.05, 0) is 6.42 Å². The number of aliphatic carboxylic acids is 1. The molecule has 0 saturated carbocycles. The van der Waals surface area contributed by atoms with E-state index in [0.29, 0.717) is 5.92 Å². The van der Waals surface area contributed by atoms with Crippen molar-refractivity contribution in [3.8, 4) is 0 Å². The number of carbonyl (C=O) groups excluding carboxylic acids is 3. The van der Waals surface area contributed by atoms with E-state index < -0.39 is 24.1 Å². The largest absolute Gasteiger partial charge is 0.480 e. The summed E-state index contributed by atoms with van der Waals surface area (Å²) in [6.07, 6.45) is 0.180. The first kappa shape index (κ1) is 21.4. The normalized spacial score (nSPS) is 11.5. The Morgan fingerprint density at radius 3 is 2.62 bits per heavy atom. The van der Waals surface area contributed by atoms with Gasteiger partial charge in [-0.15, -0.1) is 11.3 Å². The minimum Gasteiger partial charge on any atom is -0.480 e. The highest BCUT2D eigenvalue weighted by Crippen LogP contribution is 2.19. The lowest BCUT2D eigenvalue weighted by molar-refractivity contribution is -0.139. The number of hydrogen-bond donors (Lipinski definition) is 4. The Hall–Kier alpha value is -2.69. The Balaban J connectivity index is 2.52.